The SMILES string of the molecule is NCC12CCC(=O)C1CNC2. The lowest BCUT2D eigenvalue weighted by Gasteiger charge is -2.24. The molecule has 1 aliphatic heterocycles. The first kappa shape index (κ1) is 7.25. The number of Topliss-reactive ketones (excluding diaryl/α,β-unsaturated/α-hetero) is 1. The highest BCUT2D eigenvalue weighted by atomic mass is 16.1. The Labute approximate surface area is 66.3 Å². The highest BCUT2D eigenvalue weighted by Crippen LogP contribution is 2.42. The highest BCUT2D eigenvalue weighted by molar-refractivity contribution is 5.85. The molecule has 2 rings (SSSR count). The molecule has 3 N–H and O–H groups in total. The number of fused-ring (bicyclic) bond motifs is 1. The van der Waals surface area contributed by atoms with Crippen LogP contribution >= 0.6 is 0 Å². The number of hydrogen-bond donors (Lipinski definition) is 2. The lowest BCUT2D eigenvalue weighted by atomic mass is 9.81. The quantitative estimate of drug-likeness (QED) is 0.536. The summed E-state index contributed by atoms with van der Waals surface area (Å²) < 4.78 is 0. The first-order chi connectivity index (χ1) is 5.28. The molecule has 2 unspecified atom stereocenters. The number of carbonyl (C=O) groups is 1. The van der Waals surface area contributed by atoms with Crippen molar-refractivity contribution >= 4 is 5.78 Å². The molecule has 0 bridgehead atoms. The van der Waals surface area contributed by atoms with E-state index in [1.165, 1.54) is 0 Å². The minimum absolute atomic E-state index is 0.136. The third kappa shape index (κ3) is 0.844. The zero-order valence-electron chi connectivity index (χ0n) is 6.60. The molecule has 0 aromatic carbocycles. The lowest BCUT2D eigenvalue weighted by molar-refractivity contribution is -0.121. The summed E-state index contributed by atoms with van der Waals surface area (Å²) in [5.74, 6) is 0.646. The molecule has 2 aliphatic rings. The van der Waals surface area contributed by atoms with Crippen LogP contribution in [-0.4, -0.2) is 25.4 Å². The molecule has 0 aromatic heterocycles. The second kappa shape index (κ2) is 2.29. The lowest BCUT2D eigenvalue weighted by Crippen LogP contribution is -2.35. The van der Waals surface area contributed by atoms with Gasteiger partial charge in [0, 0.05) is 30.8 Å². The van der Waals surface area contributed by atoms with Gasteiger partial charge in [-0.15, -0.1) is 0 Å². The van der Waals surface area contributed by atoms with Crippen LogP contribution in [0.2, 0.25) is 0 Å². The van der Waals surface area contributed by atoms with Gasteiger partial charge in [0.05, 0.1) is 0 Å². The van der Waals surface area contributed by atoms with E-state index >= 15 is 0 Å². The van der Waals surface area contributed by atoms with Crippen molar-refractivity contribution in [3.63, 3.8) is 0 Å². The second-order valence-electron chi connectivity index (χ2n) is 3.72. The summed E-state index contributed by atoms with van der Waals surface area (Å²) in [6, 6.07) is 0. The average molecular weight is 154 g/mol. The van der Waals surface area contributed by atoms with Gasteiger partial charge < -0.3 is 11.1 Å². The molecule has 3 nitrogen and oxygen atoms in total. The maximum Gasteiger partial charge on any atom is 0.137 e. The molecule has 2 atom stereocenters. The molecule has 0 amide bonds. The first-order valence-corrected chi connectivity index (χ1v) is 4.22. The van der Waals surface area contributed by atoms with Crippen molar-refractivity contribution in [2.75, 3.05) is 19.6 Å². The molecule has 1 aliphatic carbocycles. The third-order valence-electron chi connectivity index (χ3n) is 3.23. The van der Waals surface area contributed by atoms with Crippen LogP contribution in [0.25, 0.3) is 0 Å². The Balaban J connectivity index is 2.25. The minimum Gasteiger partial charge on any atom is -0.330 e. The Morgan fingerprint density at radius 2 is 2.55 bits per heavy atom. The van der Waals surface area contributed by atoms with Crippen molar-refractivity contribution in [1.82, 2.24) is 5.32 Å². The Morgan fingerprint density at radius 1 is 1.73 bits per heavy atom. The van der Waals surface area contributed by atoms with Crippen molar-refractivity contribution < 1.29 is 4.79 Å². The van der Waals surface area contributed by atoms with Gasteiger partial charge in [0.1, 0.15) is 5.78 Å². The van der Waals surface area contributed by atoms with Crippen molar-refractivity contribution in [1.29, 1.82) is 0 Å². The van der Waals surface area contributed by atoms with Crippen LogP contribution in [0.3, 0.4) is 0 Å². The van der Waals surface area contributed by atoms with Crippen molar-refractivity contribution in [3.8, 4) is 0 Å². The molecular weight excluding hydrogens is 140 g/mol. The molecule has 0 spiro atoms. The Kier molecular flexibility index (Phi) is 1.51. The second-order valence-corrected chi connectivity index (χ2v) is 3.72. The summed E-state index contributed by atoms with van der Waals surface area (Å²) >= 11 is 0. The van der Waals surface area contributed by atoms with Gasteiger partial charge in [-0.2, -0.15) is 0 Å². The molecule has 11 heavy (non-hydrogen) atoms. The molecule has 0 aromatic rings. The normalized spacial score (nSPS) is 43.0. The monoisotopic (exact) mass is 154 g/mol. The summed E-state index contributed by atoms with van der Waals surface area (Å²) in [6.45, 7) is 2.46. The topological polar surface area (TPSA) is 55.1 Å². The number of nitrogens with two attached hydrogens (primary N) is 1. The van der Waals surface area contributed by atoms with Crippen LogP contribution in [0, 0.1) is 11.3 Å². The Morgan fingerprint density at radius 3 is 3.18 bits per heavy atom. The summed E-state index contributed by atoms with van der Waals surface area (Å²) in [7, 11) is 0. The Hall–Kier alpha value is -0.410. The van der Waals surface area contributed by atoms with Gasteiger partial charge in [-0.05, 0) is 13.0 Å². The van der Waals surface area contributed by atoms with Crippen molar-refractivity contribution in [2.24, 2.45) is 17.1 Å². The van der Waals surface area contributed by atoms with E-state index in [2.05, 4.69) is 5.32 Å². The van der Waals surface area contributed by atoms with Gasteiger partial charge in [0.25, 0.3) is 0 Å². The van der Waals surface area contributed by atoms with E-state index < -0.39 is 0 Å². The van der Waals surface area contributed by atoms with Crippen LogP contribution < -0.4 is 11.1 Å². The fourth-order valence-corrected chi connectivity index (χ4v) is 2.39. The molecule has 1 saturated heterocycles. The van der Waals surface area contributed by atoms with E-state index in [-0.39, 0.29) is 11.3 Å². The van der Waals surface area contributed by atoms with Gasteiger partial charge in [0.15, 0.2) is 0 Å². The zero-order valence-corrected chi connectivity index (χ0v) is 6.60. The van der Waals surface area contributed by atoms with E-state index in [1.54, 1.807) is 0 Å². The molecular formula is C8H14N2O. The van der Waals surface area contributed by atoms with E-state index in [0.717, 1.165) is 25.9 Å². The van der Waals surface area contributed by atoms with Crippen LogP contribution in [-0.2, 0) is 4.79 Å². The van der Waals surface area contributed by atoms with Crippen molar-refractivity contribution in [2.45, 2.75) is 12.8 Å². The van der Waals surface area contributed by atoms with Crippen LogP contribution in [0.15, 0.2) is 0 Å². The van der Waals surface area contributed by atoms with E-state index in [4.69, 9.17) is 5.73 Å². The molecule has 0 radical (unpaired) electrons. The number of carbonyl (C=O) groups excluding carboxylic acids is 1. The molecule has 1 heterocycles. The summed E-state index contributed by atoms with van der Waals surface area (Å²) in [5, 5.41) is 3.25. The average Bonchev–Trinajstić information content (AvgIpc) is 2.53. The van der Waals surface area contributed by atoms with E-state index in [9.17, 15) is 4.79 Å². The fourth-order valence-electron chi connectivity index (χ4n) is 2.39. The van der Waals surface area contributed by atoms with Gasteiger partial charge in [-0.25, -0.2) is 0 Å². The van der Waals surface area contributed by atoms with Crippen LogP contribution in [0.1, 0.15) is 12.8 Å². The van der Waals surface area contributed by atoms with E-state index in [0.29, 0.717) is 12.3 Å². The molecule has 3 heteroatoms. The van der Waals surface area contributed by atoms with Crippen molar-refractivity contribution in [3.05, 3.63) is 0 Å². The number of hydrogen-bond acceptors (Lipinski definition) is 3. The number of nitrogens with one attached hydrogen (secondary N) is 1. The highest BCUT2D eigenvalue weighted by Gasteiger charge is 2.49. The van der Waals surface area contributed by atoms with Crippen LogP contribution in [0.4, 0.5) is 0 Å². The Bertz CT molecular complexity index is 193. The molecule has 62 valence electrons. The third-order valence-corrected chi connectivity index (χ3v) is 3.23. The van der Waals surface area contributed by atoms with E-state index in [1.807, 2.05) is 0 Å². The van der Waals surface area contributed by atoms with Gasteiger partial charge in [-0.3, -0.25) is 4.79 Å². The summed E-state index contributed by atoms with van der Waals surface area (Å²) in [4.78, 5) is 11.3. The summed E-state index contributed by atoms with van der Waals surface area (Å²) in [6.07, 6.45) is 1.75. The van der Waals surface area contributed by atoms with Gasteiger partial charge >= 0.3 is 0 Å². The molecule has 1 saturated carbocycles. The fraction of sp³-hybridized carbons (Fsp3) is 0.875. The largest absolute Gasteiger partial charge is 0.330 e. The van der Waals surface area contributed by atoms with Gasteiger partial charge in [0.2, 0.25) is 0 Å². The maximum atomic E-state index is 11.3. The first-order valence-electron chi connectivity index (χ1n) is 4.22. The predicted molar refractivity (Wildman–Crippen MR) is 42.1 cm³/mol. The zero-order chi connectivity index (χ0) is 7.90. The maximum absolute atomic E-state index is 11.3. The number of rotatable bonds is 1. The van der Waals surface area contributed by atoms with Crippen LogP contribution in [0.5, 0.6) is 0 Å². The molecule has 2 fully saturated rings. The predicted octanol–water partition coefficient (Wildman–Crippen LogP) is -0.486. The number of ketones is 1. The van der Waals surface area contributed by atoms with Gasteiger partial charge in [-0.1, -0.05) is 0 Å². The standard InChI is InChI=1S/C8H14N2O/c9-4-8-2-1-7(11)6(8)3-10-5-8/h6,10H,1-5,9H2. The minimum atomic E-state index is 0.136. The summed E-state index contributed by atoms with van der Waals surface area (Å²) in [5.41, 5.74) is 5.82. The smallest absolute Gasteiger partial charge is 0.137 e.